The molecule has 0 atom stereocenters. The van der Waals surface area contributed by atoms with Crippen molar-refractivity contribution >= 4 is 43.7 Å². The second-order valence-electron chi connectivity index (χ2n) is 9.89. The van der Waals surface area contributed by atoms with Gasteiger partial charge in [-0.25, -0.2) is 0 Å². The van der Waals surface area contributed by atoms with Gasteiger partial charge in [0.25, 0.3) is 5.69 Å². The molecule has 4 aromatic carbocycles. The van der Waals surface area contributed by atoms with Crippen LogP contribution in [0, 0.1) is 20.8 Å². The van der Waals surface area contributed by atoms with Crippen molar-refractivity contribution in [3.63, 3.8) is 0 Å². The SMILES string of the molecule is Cc1cc(C)c(C)c(-c2c3oc4cccc(-n5c6ccccc6c6ccccc65)c4c3cc[n+]2C)c1. The zero-order valence-electron chi connectivity index (χ0n) is 21.0. The maximum atomic E-state index is 6.68. The molecule has 36 heavy (non-hydrogen) atoms. The van der Waals surface area contributed by atoms with E-state index in [4.69, 9.17) is 4.42 Å². The maximum absolute atomic E-state index is 6.68. The van der Waals surface area contributed by atoms with Gasteiger partial charge in [0.1, 0.15) is 12.6 Å². The molecule has 0 saturated carbocycles. The van der Waals surface area contributed by atoms with E-state index in [2.05, 4.69) is 128 Å². The monoisotopic (exact) mass is 467 g/mol. The van der Waals surface area contributed by atoms with Gasteiger partial charge in [0.15, 0.2) is 6.20 Å². The summed E-state index contributed by atoms with van der Waals surface area (Å²) in [6.07, 6.45) is 2.16. The number of hydrogen-bond donors (Lipinski definition) is 0. The Balaban J connectivity index is 1.63. The van der Waals surface area contributed by atoms with Crippen LogP contribution in [0.1, 0.15) is 16.7 Å². The standard InChI is InChI=1S/C33H27N2O/c1-20-18-21(2)22(3)26(19-20)32-33-25(16-17-34(32)4)31-29(14-9-15-30(31)36-33)35-27-12-7-5-10-23(27)24-11-6-8-13-28(24)35/h5-19H,1-4H3/q+1. The van der Waals surface area contributed by atoms with Crippen molar-refractivity contribution in [2.45, 2.75) is 20.8 Å². The highest BCUT2D eigenvalue weighted by atomic mass is 16.3. The van der Waals surface area contributed by atoms with Crippen LogP contribution in [0.15, 0.2) is 95.5 Å². The number of furan rings is 1. The van der Waals surface area contributed by atoms with Gasteiger partial charge in [0.2, 0.25) is 5.58 Å². The summed E-state index contributed by atoms with van der Waals surface area (Å²) >= 11 is 0. The molecule has 0 unspecified atom stereocenters. The zero-order valence-corrected chi connectivity index (χ0v) is 21.0. The van der Waals surface area contributed by atoms with Gasteiger partial charge < -0.3 is 8.98 Å². The minimum atomic E-state index is 0.902. The minimum Gasteiger partial charge on any atom is -0.449 e. The normalized spacial score (nSPS) is 11.9. The number of fused-ring (bicyclic) bond motifs is 6. The average molecular weight is 468 g/mol. The first-order valence-corrected chi connectivity index (χ1v) is 12.4. The molecule has 174 valence electrons. The first-order valence-electron chi connectivity index (χ1n) is 12.4. The molecule has 7 rings (SSSR count). The van der Waals surface area contributed by atoms with Crippen LogP contribution < -0.4 is 4.57 Å². The fraction of sp³-hybridized carbons (Fsp3) is 0.121. The topological polar surface area (TPSA) is 21.9 Å². The van der Waals surface area contributed by atoms with Gasteiger partial charge in [0, 0.05) is 22.2 Å². The van der Waals surface area contributed by atoms with Crippen molar-refractivity contribution in [2.24, 2.45) is 7.05 Å². The van der Waals surface area contributed by atoms with Crippen molar-refractivity contribution in [3.05, 3.63) is 108 Å². The van der Waals surface area contributed by atoms with Crippen LogP contribution in [-0.4, -0.2) is 4.57 Å². The summed E-state index contributed by atoms with van der Waals surface area (Å²) in [4.78, 5) is 0. The molecule has 0 N–H and O–H groups in total. The Morgan fingerprint density at radius 3 is 2.14 bits per heavy atom. The van der Waals surface area contributed by atoms with Gasteiger partial charge >= 0.3 is 0 Å². The van der Waals surface area contributed by atoms with Crippen LogP contribution in [0.5, 0.6) is 0 Å². The van der Waals surface area contributed by atoms with Crippen LogP contribution >= 0.6 is 0 Å². The Kier molecular flexibility index (Phi) is 4.40. The summed E-state index contributed by atoms with van der Waals surface area (Å²) in [5.74, 6) is 0. The summed E-state index contributed by atoms with van der Waals surface area (Å²) in [6, 6.07) is 30.4. The van der Waals surface area contributed by atoms with Crippen molar-refractivity contribution < 1.29 is 8.98 Å². The number of aryl methyl sites for hydroxylation is 3. The molecule has 0 aliphatic rings. The fourth-order valence-corrected chi connectivity index (χ4v) is 5.88. The van der Waals surface area contributed by atoms with E-state index in [1.807, 2.05) is 0 Å². The number of aromatic nitrogens is 2. The quantitative estimate of drug-likeness (QED) is 0.235. The Morgan fingerprint density at radius 2 is 1.42 bits per heavy atom. The maximum Gasteiger partial charge on any atom is 0.256 e. The van der Waals surface area contributed by atoms with Crippen LogP contribution in [0.3, 0.4) is 0 Å². The van der Waals surface area contributed by atoms with E-state index < -0.39 is 0 Å². The fourth-order valence-electron chi connectivity index (χ4n) is 5.88. The molecule has 0 spiro atoms. The summed E-state index contributed by atoms with van der Waals surface area (Å²) in [7, 11) is 2.10. The van der Waals surface area contributed by atoms with Gasteiger partial charge in [-0.1, -0.05) is 54.1 Å². The highest BCUT2D eigenvalue weighted by molar-refractivity contribution is 6.15. The highest BCUT2D eigenvalue weighted by Crippen LogP contribution is 2.40. The van der Waals surface area contributed by atoms with E-state index in [0.29, 0.717) is 0 Å². The molecule has 3 aromatic heterocycles. The number of rotatable bonds is 2. The average Bonchev–Trinajstić information content (AvgIpc) is 3.42. The number of hydrogen-bond acceptors (Lipinski definition) is 1. The van der Waals surface area contributed by atoms with E-state index in [1.54, 1.807) is 0 Å². The number of pyridine rings is 1. The van der Waals surface area contributed by atoms with Crippen LogP contribution in [0.2, 0.25) is 0 Å². The molecule has 0 bridgehead atoms. The number of benzene rings is 4. The second-order valence-corrected chi connectivity index (χ2v) is 9.89. The molecular formula is C33H27N2O+. The van der Waals surface area contributed by atoms with Crippen molar-refractivity contribution in [1.29, 1.82) is 0 Å². The first kappa shape index (κ1) is 21.0. The third-order valence-electron chi connectivity index (χ3n) is 7.65. The smallest absolute Gasteiger partial charge is 0.256 e. The lowest BCUT2D eigenvalue weighted by atomic mass is 9.96. The second kappa shape index (κ2) is 7.56. The summed E-state index contributed by atoms with van der Waals surface area (Å²) in [6.45, 7) is 6.55. The van der Waals surface area contributed by atoms with E-state index >= 15 is 0 Å². The molecule has 3 heteroatoms. The summed E-state index contributed by atoms with van der Waals surface area (Å²) in [5, 5.41) is 4.80. The Bertz CT molecular complexity index is 1930. The van der Waals surface area contributed by atoms with Crippen LogP contribution in [0.25, 0.3) is 60.7 Å². The lowest BCUT2D eigenvalue weighted by molar-refractivity contribution is -0.659. The molecule has 3 nitrogen and oxygen atoms in total. The van der Waals surface area contributed by atoms with Crippen LogP contribution in [0.4, 0.5) is 0 Å². The van der Waals surface area contributed by atoms with Crippen LogP contribution in [-0.2, 0) is 7.05 Å². The van der Waals surface area contributed by atoms with Gasteiger partial charge in [-0.05, 0) is 62.2 Å². The van der Waals surface area contributed by atoms with Crippen molar-refractivity contribution in [2.75, 3.05) is 0 Å². The van der Waals surface area contributed by atoms with E-state index in [1.165, 1.54) is 44.1 Å². The molecule has 0 aliphatic carbocycles. The molecule has 0 amide bonds. The predicted molar refractivity (Wildman–Crippen MR) is 149 cm³/mol. The van der Waals surface area contributed by atoms with Crippen molar-refractivity contribution in [3.8, 4) is 16.9 Å². The number of nitrogens with zero attached hydrogens (tertiary/aromatic N) is 2. The Hall–Kier alpha value is -4.37. The molecule has 3 heterocycles. The lowest BCUT2D eigenvalue weighted by Gasteiger charge is -2.10. The molecule has 7 aromatic rings. The molecule has 0 saturated heterocycles. The van der Waals surface area contributed by atoms with E-state index in [0.717, 1.165) is 33.3 Å². The number of para-hydroxylation sites is 2. The van der Waals surface area contributed by atoms with Gasteiger partial charge in [-0.15, -0.1) is 0 Å². The predicted octanol–water partition coefficient (Wildman–Crippen LogP) is 8.10. The molecule has 0 radical (unpaired) electrons. The van der Waals surface area contributed by atoms with Crippen molar-refractivity contribution in [1.82, 2.24) is 4.57 Å². The summed E-state index contributed by atoms with van der Waals surface area (Å²) in [5.41, 5.74) is 11.5. The minimum absolute atomic E-state index is 0.902. The van der Waals surface area contributed by atoms with Gasteiger partial charge in [-0.3, -0.25) is 0 Å². The lowest BCUT2D eigenvalue weighted by Crippen LogP contribution is -2.30. The molecular weight excluding hydrogens is 440 g/mol. The molecule has 0 fully saturated rings. The van der Waals surface area contributed by atoms with Gasteiger partial charge in [0.05, 0.1) is 27.7 Å². The van der Waals surface area contributed by atoms with Gasteiger partial charge in [-0.2, -0.15) is 4.57 Å². The third-order valence-corrected chi connectivity index (χ3v) is 7.65. The molecule has 0 aliphatic heterocycles. The Morgan fingerprint density at radius 1 is 0.722 bits per heavy atom. The Labute approximate surface area is 209 Å². The first-order chi connectivity index (χ1) is 17.5. The van der Waals surface area contributed by atoms with E-state index in [-0.39, 0.29) is 0 Å². The third kappa shape index (κ3) is 2.83. The zero-order chi connectivity index (χ0) is 24.6. The highest BCUT2D eigenvalue weighted by Gasteiger charge is 2.25. The summed E-state index contributed by atoms with van der Waals surface area (Å²) < 4.78 is 11.3. The largest absolute Gasteiger partial charge is 0.449 e. The van der Waals surface area contributed by atoms with E-state index in [9.17, 15) is 0 Å².